The highest BCUT2D eigenvalue weighted by Crippen LogP contribution is 2.36. The monoisotopic (exact) mass is 287 g/mol. The van der Waals surface area contributed by atoms with Crippen molar-refractivity contribution >= 4 is 17.7 Å². The standard InChI is InChI=1S/C16H14ClNO2/c17-14-4-2-1-3-12(14)11-6-5-10-7-8-15(13(10)9-11)18-16(19)20/h1-6,9,15,18H,7-8H2,(H,19,20). The average Bonchev–Trinajstić information content (AvgIpc) is 2.81. The van der Waals surface area contributed by atoms with Gasteiger partial charge in [-0.2, -0.15) is 0 Å². The second-order valence-corrected chi connectivity index (χ2v) is 5.34. The van der Waals surface area contributed by atoms with Crippen LogP contribution in [0.4, 0.5) is 4.79 Å². The van der Waals surface area contributed by atoms with Crippen LogP contribution in [0.25, 0.3) is 11.1 Å². The Labute approximate surface area is 122 Å². The first kappa shape index (κ1) is 13.0. The van der Waals surface area contributed by atoms with E-state index in [1.54, 1.807) is 0 Å². The van der Waals surface area contributed by atoms with E-state index in [2.05, 4.69) is 11.4 Å². The molecule has 2 aromatic rings. The molecule has 1 aliphatic rings. The van der Waals surface area contributed by atoms with Crippen LogP contribution in [0, 0.1) is 0 Å². The molecule has 1 atom stereocenters. The number of carboxylic acid groups (broad SMARTS) is 1. The lowest BCUT2D eigenvalue weighted by Crippen LogP contribution is -2.24. The summed E-state index contributed by atoms with van der Waals surface area (Å²) in [6, 6.07) is 13.7. The Hall–Kier alpha value is -2.00. The second-order valence-electron chi connectivity index (χ2n) is 4.93. The van der Waals surface area contributed by atoms with Gasteiger partial charge in [0.1, 0.15) is 0 Å². The topological polar surface area (TPSA) is 49.3 Å². The number of halogens is 1. The van der Waals surface area contributed by atoms with Gasteiger partial charge >= 0.3 is 6.09 Å². The SMILES string of the molecule is O=C(O)NC1CCc2ccc(-c3ccccc3Cl)cc21. The summed E-state index contributed by atoms with van der Waals surface area (Å²) in [5, 5.41) is 12.2. The number of nitrogens with one attached hydrogen (secondary N) is 1. The van der Waals surface area contributed by atoms with E-state index in [1.165, 1.54) is 5.56 Å². The lowest BCUT2D eigenvalue weighted by atomic mass is 9.99. The highest BCUT2D eigenvalue weighted by molar-refractivity contribution is 6.33. The van der Waals surface area contributed by atoms with E-state index in [9.17, 15) is 4.79 Å². The van der Waals surface area contributed by atoms with E-state index in [0.29, 0.717) is 5.02 Å². The molecule has 3 nitrogen and oxygen atoms in total. The Morgan fingerprint density at radius 1 is 1.25 bits per heavy atom. The van der Waals surface area contributed by atoms with Gasteiger partial charge < -0.3 is 10.4 Å². The summed E-state index contributed by atoms with van der Waals surface area (Å²) in [5.74, 6) is 0. The molecule has 0 bridgehead atoms. The van der Waals surface area contributed by atoms with Gasteiger partial charge in [-0.05, 0) is 41.7 Å². The third-order valence-electron chi connectivity index (χ3n) is 3.71. The number of amides is 1. The number of fused-ring (bicyclic) bond motifs is 1. The van der Waals surface area contributed by atoms with Gasteiger partial charge in [-0.3, -0.25) is 0 Å². The first-order chi connectivity index (χ1) is 9.65. The molecule has 1 amide bonds. The van der Waals surface area contributed by atoms with Gasteiger partial charge in [0.25, 0.3) is 0 Å². The van der Waals surface area contributed by atoms with Crippen LogP contribution in [0.5, 0.6) is 0 Å². The Bertz CT molecular complexity index is 669. The zero-order valence-electron chi connectivity index (χ0n) is 10.8. The summed E-state index contributed by atoms with van der Waals surface area (Å²) in [4.78, 5) is 10.8. The molecule has 0 aromatic heterocycles. The van der Waals surface area contributed by atoms with Crippen molar-refractivity contribution in [3.8, 4) is 11.1 Å². The molecule has 0 spiro atoms. The zero-order chi connectivity index (χ0) is 14.1. The van der Waals surface area contributed by atoms with Crippen LogP contribution in [0.15, 0.2) is 42.5 Å². The lowest BCUT2D eigenvalue weighted by Gasteiger charge is -2.13. The van der Waals surface area contributed by atoms with Crippen molar-refractivity contribution in [3.63, 3.8) is 0 Å². The first-order valence-electron chi connectivity index (χ1n) is 6.52. The minimum atomic E-state index is -0.981. The molecule has 20 heavy (non-hydrogen) atoms. The Morgan fingerprint density at radius 3 is 2.80 bits per heavy atom. The van der Waals surface area contributed by atoms with Gasteiger partial charge in [-0.15, -0.1) is 0 Å². The van der Waals surface area contributed by atoms with E-state index >= 15 is 0 Å². The normalized spacial score (nSPS) is 16.8. The van der Waals surface area contributed by atoms with Crippen molar-refractivity contribution in [1.82, 2.24) is 5.32 Å². The van der Waals surface area contributed by atoms with Crippen LogP contribution in [0.3, 0.4) is 0 Å². The number of aryl methyl sites for hydroxylation is 1. The average molecular weight is 288 g/mol. The van der Waals surface area contributed by atoms with E-state index in [0.717, 1.165) is 29.5 Å². The molecule has 3 rings (SSSR count). The van der Waals surface area contributed by atoms with Gasteiger partial charge in [-0.25, -0.2) is 4.79 Å². The highest BCUT2D eigenvalue weighted by Gasteiger charge is 2.24. The van der Waals surface area contributed by atoms with Crippen molar-refractivity contribution in [3.05, 3.63) is 58.6 Å². The van der Waals surface area contributed by atoms with Gasteiger partial charge in [0.2, 0.25) is 0 Å². The third-order valence-corrected chi connectivity index (χ3v) is 4.04. The molecule has 4 heteroatoms. The second kappa shape index (κ2) is 5.17. The summed E-state index contributed by atoms with van der Waals surface area (Å²) in [7, 11) is 0. The van der Waals surface area contributed by atoms with Crippen LogP contribution in [0.1, 0.15) is 23.6 Å². The van der Waals surface area contributed by atoms with Gasteiger partial charge in [0.05, 0.1) is 6.04 Å². The summed E-state index contributed by atoms with van der Waals surface area (Å²) in [6.45, 7) is 0. The van der Waals surface area contributed by atoms with Crippen molar-refractivity contribution in [2.75, 3.05) is 0 Å². The van der Waals surface area contributed by atoms with Crippen molar-refractivity contribution in [2.45, 2.75) is 18.9 Å². The Morgan fingerprint density at radius 2 is 2.05 bits per heavy atom. The molecule has 2 aromatic carbocycles. The van der Waals surface area contributed by atoms with E-state index in [1.807, 2.05) is 36.4 Å². The number of benzene rings is 2. The number of hydrogen-bond donors (Lipinski definition) is 2. The quantitative estimate of drug-likeness (QED) is 0.867. The molecular weight excluding hydrogens is 274 g/mol. The first-order valence-corrected chi connectivity index (χ1v) is 6.90. The van der Waals surface area contributed by atoms with Crippen molar-refractivity contribution in [2.24, 2.45) is 0 Å². The Kier molecular flexibility index (Phi) is 3.36. The summed E-state index contributed by atoms with van der Waals surface area (Å²) < 4.78 is 0. The molecule has 1 aliphatic carbocycles. The molecule has 0 radical (unpaired) electrons. The maximum absolute atomic E-state index is 10.8. The van der Waals surface area contributed by atoms with Gasteiger partial charge in [-0.1, -0.05) is 41.9 Å². The van der Waals surface area contributed by atoms with Crippen molar-refractivity contribution in [1.29, 1.82) is 0 Å². The number of carbonyl (C=O) groups is 1. The number of hydrogen-bond acceptors (Lipinski definition) is 1. The maximum Gasteiger partial charge on any atom is 0.405 e. The lowest BCUT2D eigenvalue weighted by molar-refractivity contribution is 0.190. The molecule has 0 saturated carbocycles. The van der Waals surface area contributed by atoms with E-state index in [-0.39, 0.29) is 6.04 Å². The summed E-state index contributed by atoms with van der Waals surface area (Å²) >= 11 is 6.22. The van der Waals surface area contributed by atoms with Crippen molar-refractivity contribution < 1.29 is 9.90 Å². The van der Waals surface area contributed by atoms with Gasteiger partial charge in [0, 0.05) is 10.6 Å². The van der Waals surface area contributed by atoms with Crippen LogP contribution >= 0.6 is 11.6 Å². The molecule has 0 aliphatic heterocycles. The van der Waals surface area contributed by atoms with Crippen LogP contribution in [-0.4, -0.2) is 11.2 Å². The number of rotatable bonds is 2. The minimum Gasteiger partial charge on any atom is -0.465 e. The predicted octanol–water partition coefficient (Wildman–Crippen LogP) is 4.26. The smallest absolute Gasteiger partial charge is 0.405 e. The largest absolute Gasteiger partial charge is 0.465 e. The van der Waals surface area contributed by atoms with Crippen LogP contribution < -0.4 is 5.32 Å². The third kappa shape index (κ3) is 2.37. The fourth-order valence-electron chi connectivity index (χ4n) is 2.76. The summed E-state index contributed by atoms with van der Waals surface area (Å²) in [5.41, 5.74) is 4.26. The van der Waals surface area contributed by atoms with Crippen LogP contribution in [0.2, 0.25) is 5.02 Å². The highest BCUT2D eigenvalue weighted by atomic mass is 35.5. The fraction of sp³-hybridized carbons (Fsp3) is 0.188. The summed E-state index contributed by atoms with van der Waals surface area (Å²) in [6.07, 6.45) is 0.738. The molecular formula is C16H14ClNO2. The molecule has 102 valence electrons. The molecule has 2 N–H and O–H groups in total. The fourth-order valence-corrected chi connectivity index (χ4v) is 3.01. The molecule has 0 fully saturated rings. The van der Waals surface area contributed by atoms with Crippen LogP contribution in [-0.2, 0) is 6.42 Å². The minimum absolute atomic E-state index is 0.120. The predicted molar refractivity (Wildman–Crippen MR) is 79.1 cm³/mol. The van der Waals surface area contributed by atoms with E-state index in [4.69, 9.17) is 16.7 Å². The Balaban J connectivity index is 2.01. The maximum atomic E-state index is 10.8. The van der Waals surface area contributed by atoms with Gasteiger partial charge in [0.15, 0.2) is 0 Å². The molecule has 0 saturated heterocycles. The van der Waals surface area contributed by atoms with E-state index < -0.39 is 6.09 Å². The zero-order valence-corrected chi connectivity index (χ0v) is 11.5. The molecule has 1 unspecified atom stereocenters. The molecule has 0 heterocycles.